The van der Waals surface area contributed by atoms with Crippen LogP contribution < -0.4 is 0 Å². The van der Waals surface area contributed by atoms with Gasteiger partial charge in [0.1, 0.15) is 17.3 Å². The second-order valence-electron chi connectivity index (χ2n) is 6.17. The number of epoxide rings is 2. The van der Waals surface area contributed by atoms with Crippen LogP contribution >= 0.6 is 0 Å². The third kappa shape index (κ3) is 2.07. The first-order valence-corrected chi connectivity index (χ1v) is 6.94. The second-order valence-corrected chi connectivity index (χ2v) is 6.17. The number of allylic oxidation sites excluding steroid dienone is 1. The molecule has 4 heteroatoms. The summed E-state index contributed by atoms with van der Waals surface area (Å²) in [6.45, 7) is 6.34. The minimum absolute atomic E-state index is 0.0677. The van der Waals surface area contributed by atoms with Crippen LogP contribution in [-0.4, -0.2) is 42.9 Å². The molecule has 0 bridgehead atoms. The lowest BCUT2D eigenvalue weighted by Gasteiger charge is -2.34. The number of ether oxygens (including phenoxy) is 3. The highest BCUT2D eigenvalue weighted by molar-refractivity contribution is 5.95. The Kier molecular flexibility index (Phi) is 2.63. The highest BCUT2D eigenvalue weighted by atomic mass is 16.6. The van der Waals surface area contributed by atoms with E-state index in [2.05, 4.69) is 6.08 Å². The van der Waals surface area contributed by atoms with Gasteiger partial charge in [0.2, 0.25) is 0 Å². The van der Waals surface area contributed by atoms with Crippen molar-refractivity contribution in [3.8, 4) is 0 Å². The SMILES string of the molecule is [2H]C1=C[C@]2(CO2)[C@@H]([C@@]2(C)O[C@@H]2CC=C(C)C)[C@]([2H])(OC)C1=O. The topological polar surface area (TPSA) is 51.4 Å². The van der Waals surface area contributed by atoms with Gasteiger partial charge < -0.3 is 14.2 Å². The van der Waals surface area contributed by atoms with E-state index in [1.165, 1.54) is 18.8 Å². The van der Waals surface area contributed by atoms with Crippen molar-refractivity contribution >= 4 is 5.78 Å². The van der Waals surface area contributed by atoms with Crippen LogP contribution in [0.4, 0.5) is 0 Å². The Bertz CT molecular complexity index is 577. The summed E-state index contributed by atoms with van der Waals surface area (Å²) in [6, 6.07) is -0.212. The van der Waals surface area contributed by atoms with E-state index in [1.54, 1.807) is 0 Å². The molecule has 0 aromatic carbocycles. The van der Waals surface area contributed by atoms with Crippen LogP contribution in [-0.2, 0) is 19.0 Å². The van der Waals surface area contributed by atoms with Crippen molar-refractivity contribution in [2.75, 3.05) is 13.7 Å². The van der Waals surface area contributed by atoms with Gasteiger partial charge in [-0.2, -0.15) is 0 Å². The maximum Gasteiger partial charge on any atom is 0.184 e. The number of hydrogen-bond donors (Lipinski definition) is 0. The highest BCUT2D eigenvalue weighted by Gasteiger charge is 2.70. The normalized spacial score (nSPS) is 51.2. The van der Waals surface area contributed by atoms with Gasteiger partial charge in [-0.1, -0.05) is 11.6 Å². The maximum absolute atomic E-state index is 12.4. The van der Waals surface area contributed by atoms with Gasteiger partial charge in [-0.3, -0.25) is 4.79 Å². The standard InChI is InChI=1S/C16H22O4/c1-10(2)5-6-12-15(3,20-12)14-13(18-4)11(17)7-8-16(14)9-19-16/h5,7-8,12-14H,6,9H2,1-4H3/t12-,13-,14-,15+,16+/m1/s1/i7D,13D. The predicted octanol–water partition coefficient (Wildman–Crippen LogP) is 2.04. The van der Waals surface area contributed by atoms with Crippen molar-refractivity contribution in [3.05, 3.63) is 23.8 Å². The summed E-state index contributed by atoms with van der Waals surface area (Å²) >= 11 is 0. The van der Waals surface area contributed by atoms with E-state index < -0.39 is 29.0 Å². The van der Waals surface area contributed by atoms with Gasteiger partial charge in [0.05, 0.1) is 21.4 Å². The fraction of sp³-hybridized carbons (Fsp3) is 0.688. The summed E-state index contributed by atoms with van der Waals surface area (Å²) in [4.78, 5) is 12.4. The van der Waals surface area contributed by atoms with Crippen LogP contribution in [0.2, 0.25) is 0 Å². The number of methoxy groups -OCH3 is 1. The van der Waals surface area contributed by atoms with Crippen molar-refractivity contribution in [2.45, 2.75) is 50.6 Å². The summed E-state index contributed by atoms with van der Waals surface area (Å²) < 4.78 is 33.1. The lowest BCUT2D eigenvalue weighted by Crippen LogP contribution is -2.50. The quantitative estimate of drug-likeness (QED) is 0.584. The average Bonchev–Trinajstić information content (AvgIpc) is 3.34. The zero-order valence-corrected chi connectivity index (χ0v) is 12.4. The first kappa shape index (κ1) is 11.7. The number of rotatable bonds is 4. The molecule has 0 radical (unpaired) electrons. The fourth-order valence-electron chi connectivity index (χ4n) is 3.14. The van der Waals surface area contributed by atoms with E-state index in [0.29, 0.717) is 6.61 Å². The predicted molar refractivity (Wildman–Crippen MR) is 74.4 cm³/mol. The molecule has 3 rings (SSSR count). The molecule has 110 valence electrons. The summed E-state index contributed by atoms with van der Waals surface area (Å²) in [5, 5.41) is 0. The fourth-order valence-corrected chi connectivity index (χ4v) is 3.14. The maximum atomic E-state index is 12.4. The van der Waals surface area contributed by atoms with E-state index in [1.807, 2.05) is 20.8 Å². The Morgan fingerprint density at radius 2 is 2.40 bits per heavy atom. The van der Waals surface area contributed by atoms with Crippen LogP contribution in [0.1, 0.15) is 29.9 Å². The first-order valence-electron chi connectivity index (χ1n) is 7.94. The lowest BCUT2D eigenvalue weighted by molar-refractivity contribution is -0.132. The summed E-state index contributed by atoms with van der Waals surface area (Å²) in [7, 11) is 1.34. The van der Waals surface area contributed by atoms with E-state index in [9.17, 15) is 4.79 Å². The molecule has 0 aromatic heterocycles. The Balaban J connectivity index is 1.95. The van der Waals surface area contributed by atoms with Gasteiger partial charge >= 0.3 is 0 Å². The molecule has 1 aliphatic carbocycles. The van der Waals surface area contributed by atoms with Gasteiger partial charge in [0.25, 0.3) is 0 Å². The molecule has 1 spiro atoms. The zero-order valence-electron chi connectivity index (χ0n) is 14.4. The molecular formula is C16H22O4. The number of carbonyl (C=O) groups excluding carboxylic acids is 1. The average molecular weight is 280 g/mol. The highest BCUT2D eigenvalue weighted by Crippen LogP contribution is 2.57. The molecule has 20 heavy (non-hydrogen) atoms. The minimum atomic E-state index is -1.84. The van der Waals surface area contributed by atoms with Crippen molar-refractivity contribution in [3.63, 3.8) is 0 Å². The summed E-state index contributed by atoms with van der Waals surface area (Å²) in [5.74, 6) is -1.20. The van der Waals surface area contributed by atoms with Gasteiger partial charge in [0, 0.05) is 7.11 Å². The number of carbonyl (C=O) groups is 1. The molecule has 2 aliphatic heterocycles. The molecule has 2 saturated heterocycles. The Labute approximate surface area is 122 Å². The molecule has 0 amide bonds. The van der Waals surface area contributed by atoms with E-state index in [4.69, 9.17) is 17.0 Å². The molecule has 5 atom stereocenters. The molecule has 2 heterocycles. The Morgan fingerprint density at radius 1 is 1.70 bits per heavy atom. The lowest BCUT2D eigenvalue weighted by atomic mass is 9.72. The number of ketones is 1. The van der Waals surface area contributed by atoms with Crippen molar-refractivity contribution < 1.29 is 21.7 Å². The molecule has 0 unspecified atom stereocenters. The summed E-state index contributed by atoms with van der Waals surface area (Å²) in [5.41, 5.74) is -0.239. The van der Waals surface area contributed by atoms with E-state index in [0.717, 1.165) is 6.42 Å². The van der Waals surface area contributed by atoms with Crippen LogP contribution in [0.3, 0.4) is 0 Å². The van der Waals surface area contributed by atoms with E-state index >= 15 is 0 Å². The molecule has 3 aliphatic rings. The third-order valence-corrected chi connectivity index (χ3v) is 4.41. The van der Waals surface area contributed by atoms with Crippen molar-refractivity contribution in [1.82, 2.24) is 0 Å². The van der Waals surface area contributed by atoms with Gasteiger partial charge in [-0.15, -0.1) is 0 Å². The van der Waals surface area contributed by atoms with E-state index in [-0.39, 0.29) is 12.2 Å². The molecule has 4 nitrogen and oxygen atoms in total. The van der Waals surface area contributed by atoms with Gasteiger partial charge in [-0.05, 0) is 39.3 Å². The Morgan fingerprint density at radius 3 is 2.95 bits per heavy atom. The minimum Gasteiger partial charge on any atom is -0.373 e. The molecule has 2 fully saturated rings. The van der Waals surface area contributed by atoms with Gasteiger partial charge in [0.15, 0.2) is 5.78 Å². The number of hydrogen-bond acceptors (Lipinski definition) is 4. The third-order valence-electron chi connectivity index (χ3n) is 4.41. The van der Waals surface area contributed by atoms with Crippen LogP contribution in [0.25, 0.3) is 0 Å². The van der Waals surface area contributed by atoms with Crippen LogP contribution in [0, 0.1) is 5.92 Å². The van der Waals surface area contributed by atoms with Crippen LogP contribution in [0.5, 0.6) is 0 Å². The zero-order chi connectivity index (χ0) is 16.3. The Hall–Kier alpha value is -0.970. The molecule has 0 N–H and O–H groups in total. The smallest absolute Gasteiger partial charge is 0.184 e. The second kappa shape index (κ2) is 4.52. The van der Waals surface area contributed by atoms with Crippen molar-refractivity contribution in [1.29, 1.82) is 0 Å². The monoisotopic (exact) mass is 280 g/mol. The molecular weight excluding hydrogens is 256 g/mol. The van der Waals surface area contributed by atoms with Crippen molar-refractivity contribution in [2.24, 2.45) is 5.92 Å². The molecule has 0 saturated carbocycles. The van der Waals surface area contributed by atoms with Gasteiger partial charge in [-0.25, -0.2) is 0 Å². The largest absolute Gasteiger partial charge is 0.373 e. The first-order chi connectivity index (χ1) is 10.2. The van der Waals surface area contributed by atoms with Crippen LogP contribution in [0.15, 0.2) is 23.8 Å². The molecule has 0 aromatic rings. The summed E-state index contributed by atoms with van der Waals surface area (Å²) in [6.07, 6.45) is 2.44.